The van der Waals surface area contributed by atoms with E-state index < -0.39 is 0 Å². The van der Waals surface area contributed by atoms with Gasteiger partial charge in [0.15, 0.2) is 0 Å². The molecule has 1 amide bonds. The molecule has 0 spiro atoms. The molecule has 0 atom stereocenters. The number of aromatic nitrogens is 1. The molecule has 1 heterocycles. The number of hydrogen-bond acceptors (Lipinski definition) is 2. The molecule has 1 aromatic heterocycles. The molecule has 17 heavy (non-hydrogen) atoms. The van der Waals surface area contributed by atoms with E-state index in [-0.39, 0.29) is 5.91 Å². The van der Waals surface area contributed by atoms with E-state index in [1.807, 2.05) is 25.1 Å². The summed E-state index contributed by atoms with van der Waals surface area (Å²) in [6.07, 6.45) is 1.61. The summed E-state index contributed by atoms with van der Waals surface area (Å²) in [5.74, 6) is -0.146. The lowest BCUT2D eigenvalue weighted by Crippen LogP contribution is -2.23. The first-order valence-electron chi connectivity index (χ1n) is 5.50. The van der Waals surface area contributed by atoms with Gasteiger partial charge in [0.05, 0.1) is 0 Å². The highest BCUT2D eigenvalue weighted by molar-refractivity contribution is 5.92. The minimum Gasteiger partial charge on any atom is -0.347 e. The molecule has 86 valence electrons. The number of rotatable bonds is 3. The first-order chi connectivity index (χ1) is 8.25. The topological polar surface area (TPSA) is 42.0 Å². The van der Waals surface area contributed by atoms with Crippen molar-refractivity contribution in [1.29, 1.82) is 0 Å². The number of aryl methyl sites for hydroxylation is 1. The van der Waals surface area contributed by atoms with Crippen LogP contribution in [0.15, 0.2) is 48.7 Å². The predicted molar refractivity (Wildman–Crippen MR) is 66.6 cm³/mol. The van der Waals surface area contributed by atoms with Crippen LogP contribution in [0.1, 0.15) is 21.6 Å². The molecule has 3 heteroatoms. The SMILES string of the molecule is Cc1cccc(CNC(=O)c2ccccn2)c1. The third-order valence-corrected chi connectivity index (χ3v) is 2.43. The number of nitrogens with zero attached hydrogens (tertiary/aromatic N) is 1. The van der Waals surface area contributed by atoms with Gasteiger partial charge in [0.1, 0.15) is 5.69 Å². The maximum Gasteiger partial charge on any atom is 0.270 e. The fourth-order valence-corrected chi connectivity index (χ4v) is 1.59. The van der Waals surface area contributed by atoms with Crippen molar-refractivity contribution >= 4 is 5.91 Å². The van der Waals surface area contributed by atoms with E-state index in [2.05, 4.69) is 16.4 Å². The molecule has 0 bridgehead atoms. The van der Waals surface area contributed by atoms with Crippen molar-refractivity contribution in [1.82, 2.24) is 10.3 Å². The van der Waals surface area contributed by atoms with Crippen LogP contribution in [-0.2, 0) is 6.54 Å². The van der Waals surface area contributed by atoms with Crippen molar-refractivity contribution in [3.63, 3.8) is 0 Å². The van der Waals surface area contributed by atoms with Crippen molar-refractivity contribution in [2.24, 2.45) is 0 Å². The number of hydrogen-bond donors (Lipinski definition) is 1. The maximum atomic E-state index is 11.7. The normalized spacial score (nSPS) is 9.94. The molecule has 0 fully saturated rings. The number of amides is 1. The summed E-state index contributed by atoms with van der Waals surface area (Å²) in [7, 11) is 0. The summed E-state index contributed by atoms with van der Waals surface area (Å²) >= 11 is 0. The standard InChI is InChI=1S/C14H14N2O/c1-11-5-4-6-12(9-11)10-16-14(17)13-7-2-3-8-15-13/h2-9H,10H2,1H3,(H,16,17). The molecule has 0 unspecified atom stereocenters. The van der Waals surface area contributed by atoms with Crippen molar-refractivity contribution in [3.05, 3.63) is 65.5 Å². The lowest BCUT2D eigenvalue weighted by atomic mass is 10.1. The Morgan fingerprint density at radius 3 is 2.82 bits per heavy atom. The summed E-state index contributed by atoms with van der Waals surface area (Å²) in [6, 6.07) is 13.4. The highest BCUT2D eigenvalue weighted by atomic mass is 16.1. The van der Waals surface area contributed by atoms with Crippen molar-refractivity contribution < 1.29 is 4.79 Å². The number of nitrogens with one attached hydrogen (secondary N) is 1. The lowest BCUT2D eigenvalue weighted by molar-refractivity contribution is 0.0946. The number of benzene rings is 1. The van der Waals surface area contributed by atoms with Gasteiger partial charge in [-0.2, -0.15) is 0 Å². The summed E-state index contributed by atoms with van der Waals surface area (Å²) in [5, 5.41) is 2.84. The number of carbonyl (C=O) groups is 1. The Balaban J connectivity index is 1.97. The van der Waals surface area contributed by atoms with Crippen LogP contribution in [0.4, 0.5) is 0 Å². The van der Waals surface area contributed by atoms with Gasteiger partial charge in [0.25, 0.3) is 5.91 Å². The summed E-state index contributed by atoms with van der Waals surface area (Å²) < 4.78 is 0. The van der Waals surface area contributed by atoms with Crippen LogP contribution in [0.5, 0.6) is 0 Å². The smallest absolute Gasteiger partial charge is 0.270 e. The molecule has 2 aromatic rings. The van der Waals surface area contributed by atoms with Gasteiger partial charge in [-0.3, -0.25) is 9.78 Å². The zero-order chi connectivity index (χ0) is 12.1. The van der Waals surface area contributed by atoms with Gasteiger partial charge in [-0.1, -0.05) is 35.9 Å². The highest BCUT2D eigenvalue weighted by Gasteiger charge is 2.05. The molecule has 0 radical (unpaired) electrons. The Kier molecular flexibility index (Phi) is 3.50. The van der Waals surface area contributed by atoms with Gasteiger partial charge in [-0.25, -0.2) is 0 Å². The van der Waals surface area contributed by atoms with E-state index in [9.17, 15) is 4.79 Å². The Morgan fingerprint density at radius 1 is 1.24 bits per heavy atom. The summed E-state index contributed by atoms with van der Waals surface area (Å²) in [6.45, 7) is 2.56. The van der Waals surface area contributed by atoms with Gasteiger partial charge in [0, 0.05) is 12.7 Å². The average Bonchev–Trinajstić information content (AvgIpc) is 2.37. The molecule has 0 saturated carbocycles. The Labute approximate surface area is 101 Å². The van der Waals surface area contributed by atoms with Crippen LogP contribution in [0, 0.1) is 6.92 Å². The first kappa shape index (κ1) is 11.3. The Bertz CT molecular complexity index is 509. The predicted octanol–water partition coefficient (Wildman–Crippen LogP) is 2.32. The van der Waals surface area contributed by atoms with Crippen LogP contribution < -0.4 is 5.32 Å². The quantitative estimate of drug-likeness (QED) is 0.872. The van der Waals surface area contributed by atoms with E-state index in [1.165, 1.54) is 5.56 Å². The van der Waals surface area contributed by atoms with E-state index in [0.29, 0.717) is 12.2 Å². The van der Waals surface area contributed by atoms with Gasteiger partial charge in [0.2, 0.25) is 0 Å². The molecular formula is C14H14N2O. The second-order valence-corrected chi connectivity index (χ2v) is 3.89. The van der Waals surface area contributed by atoms with Gasteiger partial charge >= 0.3 is 0 Å². The van der Waals surface area contributed by atoms with Crippen LogP contribution in [0.3, 0.4) is 0 Å². The third kappa shape index (κ3) is 3.14. The highest BCUT2D eigenvalue weighted by Crippen LogP contribution is 2.03. The van der Waals surface area contributed by atoms with Gasteiger partial charge in [-0.05, 0) is 24.6 Å². The molecule has 0 aliphatic heterocycles. The van der Waals surface area contributed by atoms with E-state index in [0.717, 1.165) is 5.56 Å². The fraction of sp³-hybridized carbons (Fsp3) is 0.143. The van der Waals surface area contributed by atoms with Crippen LogP contribution >= 0.6 is 0 Å². The zero-order valence-electron chi connectivity index (χ0n) is 9.68. The Hall–Kier alpha value is -2.16. The first-order valence-corrected chi connectivity index (χ1v) is 5.50. The summed E-state index contributed by atoms with van der Waals surface area (Å²) in [4.78, 5) is 15.7. The molecule has 1 N–H and O–H groups in total. The number of pyridine rings is 1. The van der Waals surface area contributed by atoms with Crippen LogP contribution in [0.25, 0.3) is 0 Å². The van der Waals surface area contributed by atoms with Crippen LogP contribution in [-0.4, -0.2) is 10.9 Å². The second-order valence-electron chi connectivity index (χ2n) is 3.89. The average molecular weight is 226 g/mol. The largest absolute Gasteiger partial charge is 0.347 e. The molecule has 3 nitrogen and oxygen atoms in total. The van der Waals surface area contributed by atoms with Gasteiger partial charge < -0.3 is 5.32 Å². The zero-order valence-corrected chi connectivity index (χ0v) is 9.68. The maximum absolute atomic E-state index is 11.7. The van der Waals surface area contributed by atoms with E-state index >= 15 is 0 Å². The molecular weight excluding hydrogens is 212 g/mol. The molecule has 2 rings (SSSR count). The Morgan fingerprint density at radius 2 is 2.12 bits per heavy atom. The third-order valence-electron chi connectivity index (χ3n) is 2.43. The minimum atomic E-state index is -0.146. The van der Waals surface area contributed by atoms with Crippen molar-refractivity contribution in [3.8, 4) is 0 Å². The molecule has 1 aromatic carbocycles. The molecule has 0 aliphatic rings. The second kappa shape index (κ2) is 5.25. The summed E-state index contributed by atoms with van der Waals surface area (Å²) in [5.41, 5.74) is 2.73. The van der Waals surface area contributed by atoms with Crippen molar-refractivity contribution in [2.75, 3.05) is 0 Å². The number of carbonyl (C=O) groups excluding carboxylic acids is 1. The fourth-order valence-electron chi connectivity index (χ4n) is 1.59. The lowest BCUT2D eigenvalue weighted by Gasteiger charge is -2.05. The van der Waals surface area contributed by atoms with E-state index in [4.69, 9.17) is 0 Å². The van der Waals surface area contributed by atoms with Crippen molar-refractivity contribution in [2.45, 2.75) is 13.5 Å². The van der Waals surface area contributed by atoms with E-state index in [1.54, 1.807) is 24.4 Å². The minimum absolute atomic E-state index is 0.146. The van der Waals surface area contributed by atoms with Gasteiger partial charge in [-0.15, -0.1) is 0 Å². The molecule has 0 aliphatic carbocycles. The monoisotopic (exact) mass is 226 g/mol. The molecule has 0 saturated heterocycles. The van der Waals surface area contributed by atoms with Crippen LogP contribution in [0.2, 0.25) is 0 Å².